The summed E-state index contributed by atoms with van der Waals surface area (Å²) in [5.74, 6) is 7.58. The van der Waals surface area contributed by atoms with Crippen LogP contribution < -0.4 is 11.3 Å². The second kappa shape index (κ2) is 6.51. The lowest BCUT2D eigenvalue weighted by atomic mass is 10.1. The highest BCUT2D eigenvalue weighted by molar-refractivity contribution is 7.99. The Morgan fingerprint density at radius 1 is 1.33 bits per heavy atom. The van der Waals surface area contributed by atoms with Crippen molar-refractivity contribution in [1.82, 2.24) is 10.3 Å². The summed E-state index contributed by atoms with van der Waals surface area (Å²) in [6.07, 6.45) is 1.18. The van der Waals surface area contributed by atoms with Crippen LogP contribution in [0.4, 0.5) is 0 Å². The van der Waals surface area contributed by atoms with E-state index in [1.807, 2.05) is 36.0 Å². The molecule has 0 bridgehead atoms. The summed E-state index contributed by atoms with van der Waals surface area (Å²) in [7, 11) is 0. The van der Waals surface area contributed by atoms with E-state index in [4.69, 9.17) is 10.3 Å². The number of hydrazine groups is 1. The maximum atomic E-state index is 12.0. The molecule has 0 spiro atoms. The largest absolute Gasteiger partial charge is 0.451 e. The zero-order valence-corrected chi connectivity index (χ0v) is 12.6. The maximum Gasteiger partial charge on any atom is 0.301 e. The van der Waals surface area contributed by atoms with Gasteiger partial charge in [-0.25, -0.2) is 5.84 Å². The Kier molecular flexibility index (Phi) is 4.48. The standard InChI is InChI=1S/C15H19N3O2S/c16-17-15(19)14-12(10-18-6-3-8-21-9-7-18)11-4-1-2-5-13(11)20-14/h1-2,4-5H,3,6-10,16H2,(H,17,19). The number of nitrogens with two attached hydrogens (primary N) is 1. The quantitative estimate of drug-likeness (QED) is 0.515. The minimum atomic E-state index is -0.370. The molecule has 0 aliphatic carbocycles. The second-order valence-electron chi connectivity index (χ2n) is 5.12. The van der Waals surface area contributed by atoms with Gasteiger partial charge in [-0.2, -0.15) is 11.8 Å². The molecule has 1 fully saturated rings. The van der Waals surface area contributed by atoms with Crippen molar-refractivity contribution in [3.05, 3.63) is 35.6 Å². The molecule has 0 unspecified atom stereocenters. The van der Waals surface area contributed by atoms with Gasteiger partial charge in [-0.05, 0) is 24.8 Å². The number of amides is 1. The number of thioether (sulfide) groups is 1. The Morgan fingerprint density at radius 2 is 2.19 bits per heavy atom. The molecule has 1 aromatic carbocycles. The van der Waals surface area contributed by atoms with Crippen LogP contribution in [0.25, 0.3) is 11.0 Å². The van der Waals surface area contributed by atoms with Crippen LogP contribution >= 0.6 is 11.8 Å². The first-order valence-corrected chi connectivity index (χ1v) is 8.26. The number of nitrogens with zero attached hydrogens (tertiary/aromatic N) is 1. The summed E-state index contributed by atoms with van der Waals surface area (Å²) in [4.78, 5) is 14.3. The van der Waals surface area contributed by atoms with Gasteiger partial charge < -0.3 is 4.42 Å². The summed E-state index contributed by atoms with van der Waals surface area (Å²) in [6.45, 7) is 2.81. The Balaban J connectivity index is 1.96. The molecule has 0 atom stereocenters. The Morgan fingerprint density at radius 3 is 3.05 bits per heavy atom. The molecule has 112 valence electrons. The first kappa shape index (κ1) is 14.4. The monoisotopic (exact) mass is 305 g/mol. The van der Waals surface area contributed by atoms with Gasteiger partial charge in [0, 0.05) is 29.8 Å². The number of carbonyl (C=O) groups is 1. The average Bonchev–Trinajstić information content (AvgIpc) is 2.69. The molecule has 6 heteroatoms. The number of rotatable bonds is 3. The van der Waals surface area contributed by atoms with Crippen molar-refractivity contribution in [2.75, 3.05) is 24.6 Å². The number of hydrogen-bond donors (Lipinski definition) is 2. The third-order valence-corrected chi connectivity index (χ3v) is 4.78. The lowest BCUT2D eigenvalue weighted by molar-refractivity contribution is 0.0925. The molecular formula is C15H19N3O2S. The lowest BCUT2D eigenvalue weighted by Crippen LogP contribution is -2.32. The Bertz CT molecular complexity index is 633. The van der Waals surface area contributed by atoms with Crippen molar-refractivity contribution >= 4 is 28.6 Å². The second-order valence-corrected chi connectivity index (χ2v) is 6.35. The van der Waals surface area contributed by atoms with E-state index in [9.17, 15) is 4.79 Å². The predicted octanol–water partition coefficient (Wildman–Crippen LogP) is 1.98. The molecule has 0 radical (unpaired) electrons. The first-order valence-electron chi connectivity index (χ1n) is 7.11. The van der Waals surface area contributed by atoms with E-state index in [0.29, 0.717) is 5.76 Å². The smallest absolute Gasteiger partial charge is 0.301 e. The van der Waals surface area contributed by atoms with Crippen LogP contribution in [0.5, 0.6) is 0 Å². The van der Waals surface area contributed by atoms with Crippen LogP contribution in [-0.4, -0.2) is 35.4 Å². The molecule has 3 rings (SSSR count). The summed E-state index contributed by atoms with van der Waals surface area (Å²) in [5.41, 5.74) is 3.84. The molecule has 3 N–H and O–H groups in total. The fourth-order valence-corrected chi connectivity index (χ4v) is 3.61. The topological polar surface area (TPSA) is 71.5 Å². The molecular weight excluding hydrogens is 286 g/mol. The average molecular weight is 305 g/mol. The van der Waals surface area contributed by atoms with Gasteiger partial charge in [0.1, 0.15) is 5.58 Å². The van der Waals surface area contributed by atoms with Crippen LogP contribution in [0.15, 0.2) is 28.7 Å². The van der Waals surface area contributed by atoms with Gasteiger partial charge >= 0.3 is 5.91 Å². The lowest BCUT2D eigenvalue weighted by Gasteiger charge is -2.19. The van der Waals surface area contributed by atoms with Gasteiger partial charge in [-0.15, -0.1) is 0 Å². The van der Waals surface area contributed by atoms with Crippen LogP contribution in [0.2, 0.25) is 0 Å². The van der Waals surface area contributed by atoms with Crippen molar-refractivity contribution in [3.8, 4) is 0 Å². The van der Waals surface area contributed by atoms with E-state index in [-0.39, 0.29) is 5.91 Å². The minimum absolute atomic E-state index is 0.329. The van der Waals surface area contributed by atoms with Crippen molar-refractivity contribution in [1.29, 1.82) is 0 Å². The highest BCUT2D eigenvalue weighted by atomic mass is 32.2. The maximum absolute atomic E-state index is 12.0. The third kappa shape index (κ3) is 3.07. The molecule has 1 aromatic heterocycles. The van der Waals surface area contributed by atoms with Crippen molar-refractivity contribution in [2.45, 2.75) is 13.0 Å². The normalized spacial score (nSPS) is 16.8. The van der Waals surface area contributed by atoms with E-state index in [1.165, 1.54) is 12.2 Å². The van der Waals surface area contributed by atoms with E-state index < -0.39 is 0 Å². The first-order chi connectivity index (χ1) is 10.3. The number of hydrogen-bond acceptors (Lipinski definition) is 5. The van der Waals surface area contributed by atoms with Gasteiger partial charge in [0.2, 0.25) is 0 Å². The van der Waals surface area contributed by atoms with Crippen molar-refractivity contribution < 1.29 is 9.21 Å². The number of nitrogen functional groups attached to an aromatic ring is 1. The van der Waals surface area contributed by atoms with Crippen molar-refractivity contribution in [2.24, 2.45) is 5.84 Å². The van der Waals surface area contributed by atoms with Gasteiger partial charge in [-0.1, -0.05) is 18.2 Å². The SMILES string of the molecule is NNC(=O)c1oc2ccccc2c1CN1CCCSCC1. The van der Waals surface area contributed by atoms with Gasteiger partial charge in [-0.3, -0.25) is 15.1 Å². The van der Waals surface area contributed by atoms with E-state index >= 15 is 0 Å². The number of furan rings is 1. The summed E-state index contributed by atoms with van der Waals surface area (Å²) < 4.78 is 5.70. The van der Waals surface area contributed by atoms with Crippen LogP contribution in [0.1, 0.15) is 22.5 Å². The molecule has 2 heterocycles. The number of fused-ring (bicyclic) bond motifs is 1. The molecule has 1 aliphatic rings. The summed E-state index contributed by atoms with van der Waals surface area (Å²) in [5, 5.41) is 0.994. The number of carbonyl (C=O) groups excluding carboxylic acids is 1. The van der Waals surface area contributed by atoms with E-state index in [1.54, 1.807) is 0 Å². The fourth-order valence-electron chi connectivity index (χ4n) is 2.68. The molecule has 2 aromatic rings. The van der Waals surface area contributed by atoms with Crippen molar-refractivity contribution in [3.63, 3.8) is 0 Å². The van der Waals surface area contributed by atoms with Gasteiger partial charge in [0.15, 0.2) is 5.76 Å². The minimum Gasteiger partial charge on any atom is -0.451 e. The number of benzene rings is 1. The molecule has 1 amide bonds. The zero-order chi connectivity index (χ0) is 14.7. The van der Waals surface area contributed by atoms with Gasteiger partial charge in [0.05, 0.1) is 0 Å². The molecule has 0 saturated carbocycles. The van der Waals surface area contributed by atoms with Crippen LogP contribution in [0.3, 0.4) is 0 Å². The highest BCUT2D eigenvalue weighted by Gasteiger charge is 2.22. The van der Waals surface area contributed by atoms with E-state index in [2.05, 4.69) is 10.3 Å². The van der Waals surface area contributed by atoms with Gasteiger partial charge in [0.25, 0.3) is 0 Å². The Hall–Kier alpha value is -1.50. The number of para-hydroxylation sites is 1. The summed E-state index contributed by atoms with van der Waals surface area (Å²) in [6, 6.07) is 7.74. The van der Waals surface area contributed by atoms with Crippen LogP contribution in [-0.2, 0) is 6.54 Å². The zero-order valence-electron chi connectivity index (χ0n) is 11.8. The molecule has 1 aliphatic heterocycles. The van der Waals surface area contributed by atoms with Crippen LogP contribution in [0, 0.1) is 0 Å². The summed E-state index contributed by atoms with van der Waals surface area (Å²) >= 11 is 1.99. The highest BCUT2D eigenvalue weighted by Crippen LogP contribution is 2.27. The Labute approximate surface area is 127 Å². The van der Waals surface area contributed by atoms with E-state index in [0.717, 1.165) is 41.9 Å². The predicted molar refractivity (Wildman–Crippen MR) is 85.1 cm³/mol. The molecule has 5 nitrogen and oxygen atoms in total. The molecule has 21 heavy (non-hydrogen) atoms. The fraction of sp³-hybridized carbons (Fsp3) is 0.400. The third-order valence-electron chi connectivity index (χ3n) is 3.73. The number of nitrogens with one attached hydrogen (secondary N) is 1. The molecule has 1 saturated heterocycles.